The van der Waals surface area contributed by atoms with E-state index in [2.05, 4.69) is 0 Å². The molecule has 1 aliphatic rings. The van der Waals surface area contributed by atoms with Crippen molar-refractivity contribution >= 4 is 17.9 Å². The molecule has 12 nitrogen and oxygen atoms in total. The second-order valence-corrected chi connectivity index (χ2v) is 12.2. The summed E-state index contributed by atoms with van der Waals surface area (Å²) >= 11 is 0. The Morgan fingerprint density at radius 2 is 0.614 bits per heavy atom. The molecule has 1 rings (SSSR count). The Morgan fingerprint density at radius 3 is 0.795 bits per heavy atom. The minimum absolute atomic E-state index is 0. The predicted molar refractivity (Wildman–Crippen MR) is 167 cm³/mol. The molecule has 0 aromatic heterocycles. The highest BCUT2D eigenvalue weighted by Gasteiger charge is 2.33. The monoisotopic (exact) mass is 640 g/mol. The summed E-state index contributed by atoms with van der Waals surface area (Å²) in [7, 11) is 2.00. The van der Waals surface area contributed by atoms with E-state index in [0.717, 1.165) is 14.2 Å². The van der Waals surface area contributed by atoms with Gasteiger partial charge in [-0.3, -0.25) is 14.4 Å². The third-order valence-electron chi connectivity index (χ3n) is 8.44. The summed E-state index contributed by atoms with van der Waals surface area (Å²) in [5.74, 6) is -4.36. The van der Waals surface area contributed by atoms with Crippen LogP contribution in [0.25, 0.3) is 0 Å². The van der Waals surface area contributed by atoms with Gasteiger partial charge in [0.25, 0.3) is 0 Å². The maximum absolute atomic E-state index is 12.7. The number of hydrogen-bond acceptors (Lipinski definition) is 11. The Hall–Kier alpha value is -1.83. The van der Waals surface area contributed by atoms with Gasteiger partial charge in [-0.05, 0) is 97.8 Å². The van der Waals surface area contributed by atoms with Crippen molar-refractivity contribution in [3.63, 3.8) is 0 Å². The molecule has 1 heterocycles. The number of rotatable bonds is 0. The summed E-state index contributed by atoms with van der Waals surface area (Å²) in [5.41, 5.74) is 0. The lowest BCUT2D eigenvalue weighted by molar-refractivity contribution is -0.158. The van der Waals surface area contributed by atoms with Gasteiger partial charge in [-0.25, -0.2) is 0 Å². The van der Waals surface area contributed by atoms with Gasteiger partial charge >= 0.3 is 17.9 Å². The molecule has 1 saturated heterocycles. The highest BCUT2D eigenvalue weighted by atomic mass is 16.6. The van der Waals surface area contributed by atoms with Gasteiger partial charge in [0, 0.05) is 14.2 Å². The van der Waals surface area contributed by atoms with Gasteiger partial charge in [-0.15, -0.1) is 0 Å². The maximum Gasteiger partial charge on any atom is 0.311 e. The summed E-state index contributed by atoms with van der Waals surface area (Å²) in [4.78, 5) is 38.0. The number of esters is 3. The van der Waals surface area contributed by atoms with Crippen LogP contribution in [-0.4, -0.2) is 99.8 Å². The van der Waals surface area contributed by atoms with Crippen LogP contribution in [0.4, 0.5) is 0 Å². The average molecular weight is 641 g/mol. The molecule has 0 radical (unpaired) electrons. The van der Waals surface area contributed by atoms with Crippen LogP contribution in [0.1, 0.15) is 101 Å². The number of hydrogen-bond donors (Lipinski definition) is 5. The number of carbonyl (C=O) groups is 3. The Labute approximate surface area is 264 Å². The van der Waals surface area contributed by atoms with Crippen molar-refractivity contribution in [1.29, 1.82) is 0 Å². The molecule has 0 bridgehead atoms. The fourth-order valence-corrected chi connectivity index (χ4v) is 5.00. The third-order valence-corrected chi connectivity index (χ3v) is 8.44. The smallest absolute Gasteiger partial charge is 0.311 e. The quantitative estimate of drug-likeness (QED) is 0.192. The standard InChI is InChI=1S/C30H54O9.2CH4O.H2O/c1-16-10-13-19(4)37-29(35)23(8)26(32)18(3)12-15-21(6)39-30(36)24(9)27(33)17(2)11-14-20(5)38-28(34)22(7)25(16)31;2*1-2;/h16-27,31-33H,10-15H2,1-9H3;2*2H,1H3;1H2/t16-,17-,18-,19+,20+,21+,22+,23+,24+,25+,26+,27+;;;/m0.../s1. The molecular weight excluding hydrogens is 576 g/mol. The van der Waals surface area contributed by atoms with E-state index in [1.165, 1.54) is 0 Å². The van der Waals surface area contributed by atoms with Gasteiger partial charge in [0.05, 0.1) is 54.4 Å². The molecule has 0 amide bonds. The van der Waals surface area contributed by atoms with E-state index in [4.69, 9.17) is 24.4 Å². The van der Waals surface area contributed by atoms with Gasteiger partial charge in [0.15, 0.2) is 0 Å². The lowest BCUT2D eigenvalue weighted by atomic mass is 9.88. The molecule has 1 fully saturated rings. The van der Waals surface area contributed by atoms with Crippen molar-refractivity contribution in [2.45, 2.75) is 137 Å². The van der Waals surface area contributed by atoms with Crippen LogP contribution in [-0.2, 0) is 28.6 Å². The lowest BCUT2D eigenvalue weighted by Gasteiger charge is -2.29. The van der Waals surface area contributed by atoms with Gasteiger partial charge in [0.1, 0.15) is 0 Å². The zero-order valence-corrected chi connectivity index (χ0v) is 28.9. The summed E-state index contributed by atoms with van der Waals surface area (Å²) in [6.45, 7) is 15.8. The van der Waals surface area contributed by atoms with Crippen LogP contribution in [0.2, 0.25) is 0 Å². The molecule has 0 aromatic rings. The Balaban J connectivity index is -0.00000322. The van der Waals surface area contributed by atoms with Crippen LogP contribution >= 0.6 is 0 Å². The molecule has 7 N–H and O–H groups in total. The Morgan fingerprint density at radius 1 is 0.432 bits per heavy atom. The summed E-state index contributed by atoms with van der Waals surface area (Å²) in [6, 6.07) is 0. The first-order valence-corrected chi connectivity index (χ1v) is 15.6. The van der Waals surface area contributed by atoms with E-state index in [9.17, 15) is 29.7 Å². The lowest BCUT2D eigenvalue weighted by Crippen LogP contribution is -2.36. The molecule has 12 atom stereocenters. The molecule has 1 aliphatic heterocycles. The van der Waals surface area contributed by atoms with Crippen LogP contribution in [0, 0.1) is 35.5 Å². The van der Waals surface area contributed by atoms with Crippen LogP contribution in [0.5, 0.6) is 0 Å². The highest BCUT2D eigenvalue weighted by molar-refractivity contribution is 5.73. The zero-order valence-electron chi connectivity index (χ0n) is 28.9. The van der Waals surface area contributed by atoms with Gasteiger partial charge in [-0.2, -0.15) is 0 Å². The molecule has 264 valence electrons. The first-order valence-electron chi connectivity index (χ1n) is 15.6. The Kier molecular flexibility index (Phi) is 25.8. The van der Waals surface area contributed by atoms with Crippen LogP contribution < -0.4 is 0 Å². The summed E-state index contributed by atoms with van der Waals surface area (Å²) in [5, 5.41) is 46.2. The Bertz CT molecular complexity index is 678. The van der Waals surface area contributed by atoms with E-state index in [0.29, 0.717) is 38.5 Å². The number of ether oxygens (including phenoxy) is 3. The fourth-order valence-electron chi connectivity index (χ4n) is 5.00. The van der Waals surface area contributed by atoms with E-state index < -0.39 is 72.3 Å². The fraction of sp³-hybridized carbons (Fsp3) is 0.906. The van der Waals surface area contributed by atoms with Crippen molar-refractivity contribution in [2.24, 2.45) is 35.5 Å². The van der Waals surface area contributed by atoms with Crippen molar-refractivity contribution < 1.29 is 59.6 Å². The molecule has 12 heteroatoms. The minimum Gasteiger partial charge on any atom is -0.462 e. The number of aliphatic hydroxyl groups is 5. The van der Waals surface area contributed by atoms with E-state index in [-0.39, 0.29) is 23.2 Å². The third kappa shape index (κ3) is 16.5. The van der Waals surface area contributed by atoms with Gasteiger partial charge < -0.3 is 45.2 Å². The normalized spacial score (nSPS) is 37.5. The van der Waals surface area contributed by atoms with E-state index in [1.807, 2.05) is 20.8 Å². The van der Waals surface area contributed by atoms with Crippen molar-refractivity contribution in [3.8, 4) is 0 Å². The van der Waals surface area contributed by atoms with E-state index in [1.54, 1.807) is 41.5 Å². The second-order valence-electron chi connectivity index (χ2n) is 12.2. The van der Waals surface area contributed by atoms with E-state index >= 15 is 0 Å². The van der Waals surface area contributed by atoms with Crippen molar-refractivity contribution in [3.05, 3.63) is 0 Å². The molecule has 44 heavy (non-hydrogen) atoms. The highest BCUT2D eigenvalue weighted by Crippen LogP contribution is 2.26. The van der Waals surface area contributed by atoms with Crippen LogP contribution in [0.15, 0.2) is 0 Å². The maximum atomic E-state index is 12.7. The average Bonchev–Trinajstić information content (AvgIpc) is 3.00. The molecule has 0 unspecified atom stereocenters. The molecular formula is C32H64O12. The molecule has 0 spiro atoms. The predicted octanol–water partition coefficient (Wildman–Crippen LogP) is 2.43. The molecule has 0 aliphatic carbocycles. The number of cyclic esters (lactones) is 3. The number of carbonyl (C=O) groups excluding carboxylic acids is 3. The topological polar surface area (TPSA) is 212 Å². The summed E-state index contributed by atoms with van der Waals surface area (Å²) < 4.78 is 16.7. The second kappa shape index (κ2) is 24.4. The molecule has 0 saturated carbocycles. The van der Waals surface area contributed by atoms with Crippen molar-refractivity contribution in [1.82, 2.24) is 0 Å². The first-order chi connectivity index (χ1) is 20.1. The van der Waals surface area contributed by atoms with Gasteiger partial charge in [-0.1, -0.05) is 20.8 Å². The minimum atomic E-state index is -0.922. The zero-order chi connectivity index (χ0) is 34.0. The SMILES string of the molecule is CO.CO.C[C@@H]1CC[C@H](C)[C@@H](O)[C@@H](C)C(=O)O[C@H](C)CC[C@H](C)[C@@H](O)[C@@H](C)C(=O)O[C@H](C)CC[C@H](C)[C@@H](O)[C@@H](C)C(=O)O1.O. The van der Waals surface area contributed by atoms with Crippen LogP contribution in [0.3, 0.4) is 0 Å². The van der Waals surface area contributed by atoms with Crippen molar-refractivity contribution in [2.75, 3.05) is 14.2 Å². The largest absolute Gasteiger partial charge is 0.462 e. The van der Waals surface area contributed by atoms with Gasteiger partial charge in [0.2, 0.25) is 0 Å². The first kappa shape index (κ1) is 46.6. The molecule has 0 aromatic carbocycles. The summed E-state index contributed by atoms with van der Waals surface area (Å²) in [6.07, 6.45) is -0.872. The number of aliphatic hydroxyl groups excluding tert-OH is 5.